The van der Waals surface area contributed by atoms with Gasteiger partial charge in [-0.15, -0.1) is 0 Å². The molecule has 0 spiro atoms. The summed E-state index contributed by atoms with van der Waals surface area (Å²) in [5, 5.41) is 0. The Morgan fingerprint density at radius 2 is 1.50 bits per heavy atom. The molecule has 0 atom stereocenters. The Morgan fingerprint density at radius 3 is 1.90 bits per heavy atom. The molecule has 0 bridgehead atoms. The van der Waals surface area contributed by atoms with E-state index in [-0.39, 0.29) is 0 Å². The maximum absolute atomic E-state index is 3.99. The summed E-state index contributed by atoms with van der Waals surface area (Å²) < 4.78 is 0. The van der Waals surface area contributed by atoms with Gasteiger partial charge in [-0.1, -0.05) is 6.58 Å². The van der Waals surface area contributed by atoms with Gasteiger partial charge in [0.2, 0.25) is 0 Å². The molecule has 2 nitrogen and oxygen atoms in total. The average Bonchev–Trinajstić information content (AvgIpc) is 2.04. The van der Waals surface area contributed by atoms with Crippen molar-refractivity contribution in [3.05, 3.63) is 12.4 Å². The molecule has 0 radical (unpaired) electrons. The van der Waals surface area contributed by atoms with E-state index in [1.807, 2.05) is 0 Å². The molecule has 2 heteroatoms. The van der Waals surface area contributed by atoms with Gasteiger partial charge in [0.1, 0.15) is 0 Å². The van der Waals surface area contributed by atoms with Crippen LogP contribution in [0.2, 0.25) is 0 Å². The largest absolute Gasteiger partial charge is 0.362 e. The number of nitrogens with zero attached hydrogens (tertiary/aromatic N) is 2. The molecule has 1 fully saturated rings. The van der Waals surface area contributed by atoms with E-state index in [1.165, 1.54) is 12.8 Å². The summed E-state index contributed by atoms with van der Waals surface area (Å²) in [7, 11) is 4.20. The van der Waals surface area contributed by atoms with Gasteiger partial charge < -0.3 is 9.80 Å². The first-order valence-electron chi connectivity index (χ1n) is 3.83. The minimum atomic E-state index is 1.15. The minimum absolute atomic E-state index is 1.15. The van der Waals surface area contributed by atoms with E-state index >= 15 is 0 Å². The first-order valence-corrected chi connectivity index (χ1v) is 3.83. The van der Waals surface area contributed by atoms with Gasteiger partial charge in [-0.3, -0.25) is 0 Å². The summed E-state index contributed by atoms with van der Waals surface area (Å²) in [6.07, 6.45) is 2.58. The molecule has 0 aliphatic carbocycles. The Balaban J connectivity index is 2.55. The molecule has 0 saturated carbocycles. The fraction of sp³-hybridized carbons (Fsp3) is 0.750. The molecular weight excluding hydrogens is 124 g/mol. The topological polar surface area (TPSA) is 6.48 Å². The van der Waals surface area contributed by atoms with Gasteiger partial charge in [-0.25, -0.2) is 0 Å². The molecule has 1 aliphatic rings. The molecule has 1 aliphatic heterocycles. The highest BCUT2D eigenvalue weighted by Gasteiger charge is 2.10. The third-order valence-corrected chi connectivity index (χ3v) is 2.12. The highest BCUT2D eigenvalue weighted by molar-refractivity contribution is 4.92. The summed E-state index contributed by atoms with van der Waals surface area (Å²) in [6, 6.07) is 0. The normalized spacial score (nSPS) is 21.2. The van der Waals surface area contributed by atoms with Crippen molar-refractivity contribution >= 4 is 0 Å². The molecular formula is C8H16N2. The van der Waals surface area contributed by atoms with Gasteiger partial charge in [0.25, 0.3) is 0 Å². The Labute approximate surface area is 63.1 Å². The molecule has 0 aromatic heterocycles. The standard InChI is InChI=1S/C8H16N2/c1-8-9(2)6-4-5-7-10(8)3/h1,4-7H2,2-3H3. The van der Waals surface area contributed by atoms with Crippen LogP contribution in [0.15, 0.2) is 12.4 Å². The predicted octanol–water partition coefficient (Wildman–Crippen LogP) is 1.11. The second-order valence-electron chi connectivity index (χ2n) is 2.97. The van der Waals surface area contributed by atoms with E-state index in [1.54, 1.807) is 0 Å². The Kier molecular flexibility index (Phi) is 2.20. The van der Waals surface area contributed by atoms with Crippen LogP contribution in [-0.2, 0) is 0 Å². The average molecular weight is 140 g/mol. The van der Waals surface area contributed by atoms with Gasteiger partial charge in [-0.05, 0) is 12.8 Å². The predicted molar refractivity (Wildman–Crippen MR) is 43.6 cm³/mol. The highest BCUT2D eigenvalue weighted by atomic mass is 15.3. The van der Waals surface area contributed by atoms with Crippen molar-refractivity contribution in [1.29, 1.82) is 0 Å². The molecule has 10 heavy (non-hydrogen) atoms. The Bertz CT molecular complexity index is 117. The second kappa shape index (κ2) is 2.95. The van der Waals surface area contributed by atoms with Gasteiger partial charge in [0.15, 0.2) is 0 Å². The molecule has 1 heterocycles. The maximum atomic E-state index is 3.99. The fourth-order valence-corrected chi connectivity index (χ4v) is 1.25. The summed E-state index contributed by atoms with van der Waals surface area (Å²) in [5.41, 5.74) is 0. The van der Waals surface area contributed by atoms with Crippen LogP contribution in [-0.4, -0.2) is 37.0 Å². The van der Waals surface area contributed by atoms with E-state index in [0.29, 0.717) is 0 Å². The fourth-order valence-electron chi connectivity index (χ4n) is 1.25. The minimum Gasteiger partial charge on any atom is -0.362 e. The zero-order valence-electron chi connectivity index (χ0n) is 6.93. The first kappa shape index (κ1) is 7.45. The van der Waals surface area contributed by atoms with E-state index in [0.717, 1.165) is 18.9 Å². The molecule has 1 saturated heterocycles. The van der Waals surface area contributed by atoms with Crippen LogP contribution >= 0.6 is 0 Å². The first-order chi connectivity index (χ1) is 4.72. The highest BCUT2D eigenvalue weighted by Crippen LogP contribution is 2.10. The van der Waals surface area contributed by atoms with Gasteiger partial charge >= 0.3 is 0 Å². The van der Waals surface area contributed by atoms with Crippen LogP contribution in [0.3, 0.4) is 0 Å². The number of hydrogen-bond donors (Lipinski definition) is 0. The lowest BCUT2D eigenvalue weighted by Crippen LogP contribution is -2.27. The Hall–Kier alpha value is -0.660. The van der Waals surface area contributed by atoms with Crippen LogP contribution in [0.25, 0.3) is 0 Å². The SMILES string of the molecule is C=C1N(C)CCCCN1C. The van der Waals surface area contributed by atoms with Crippen LogP contribution in [0, 0.1) is 0 Å². The Morgan fingerprint density at radius 1 is 1.10 bits per heavy atom. The van der Waals surface area contributed by atoms with Crippen molar-refractivity contribution < 1.29 is 0 Å². The van der Waals surface area contributed by atoms with Crippen molar-refractivity contribution in [2.24, 2.45) is 0 Å². The lowest BCUT2D eigenvalue weighted by atomic mass is 10.3. The zero-order valence-corrected chi connectivity index (χ0v) is 6.93. The van der Waals surface area contributed by atoms with Crippen LogP contribution in [0.4, 0.5) is 0 Å². The number of hydrogen-bond acceptors (Lipinski definition) is 2. The monoisotopic (exact) mass is 140 g/mol. The van der Waals surface area contributed by atoms with E-state index in [4.69, 9.17) is 0 Å². The smallest absolute Gasteiger partial charge is 0.0959 e. The summed E-state index contributed by atoms with van der Waals surface area (Å²) in [6.45, 7) is 6.30. The van der Waals surface area contributed by atoms with Crippen LogP contribution in [0.5, 0.6) is 0 Å². The third-order valence-electron chi connectivity index (χ3n) is 2.12. The summed E-state index contributed by atoms with van der Waals surface area (Å²) >= 11 is 0. The zero-order chi connectivity index (χ0) is 7.56. The van der Waals surface area contributed by atoms with E-state index < -0.39 is 0 Å². The van der Waals surface area contributed by atoms with Crippen LogP contribution < -0.4 is 0 Å². The lowest BCUT2D eigenvalue weighted by molar-refractivity contribution is 0.307. The van der Waals surface area contributed by atoms with E-state index in [9.17, 15) is 0 Å². The molecule has 0 unspecified atom stereocenters. The maximum Gasteiger partial charge on any atom is 0.0959 e. The van der Waals surface area contributed by atoms with Gasteiger partial charge in [0, 0.05) is 27.2 Å². The van der Waals surface area contributed by atoms with Gasteiger partial charge in [0.05, 0.1) is 5.82 Å². The molecule has 0 N–H and O–H groups in total. The van der Waals surface area contributed by atoms with Crippen molar-refractivity contribution in [1.82, 2.24) is 9.80 Å². The molecule has 0 amide bonds. The second-order valence-corrected chi connectivity index (χ2v) is 2.97. The van der Waals surface area contributed by atoms with E-state index in [2.05, 4.69) is 30.5 Å². The van der Waals surface area contributed by atoms with Gasteiger partial charge in [-0.2, -0.15) is 0 Å². The van der Waals surface area contributed by atoms with Crippen LogP contribution in [0.1, 0.15) is 12.8 Å². The van der Waals surface area contributed by atoms with Crippen molar-refractivity contribution in [3.8, 4) is 0 Å². The van der Waals surface area contributed by atoms with Crippen molar-refractivity contribution in [2.75, 3.05) is 27.2 Å². The number of rotatable bonds is 0. The van der Waals surface area contributed by atoms with Crippen molar-refractivity contribution in [2.45, 2.75) is 12.8 Å². The lowest BCUT2D eigenvalue weighted by Gasteiger charge is -2.25. The molecule has 0 aromatic carbocycles. The molecule has 0 aromatic rings. The summed E-state index contributed by atoms with van der Waals surface area (Å²) in [4.78, 5) is 4.43. The quantitative estimate of drug-likeness (QED) is 0.497. The summed E-state index contributed by atoms with van der Waals surface area (Å²) in [5.74, 6) is 1.15. The third kappa shape index (κ3) is 1.43. The molecule has 1 rings (SSSR count). The molecule has 58 valence electrons. The van der Waals surface area contributed by atoms with Crippen molar-refractivity contribution in [3.63, 3.8) is 0 Å².